The molecule has 1 aliphatic heterocycles. The van der Waals surface area contributed by atoms with Crippen molar-refractivity contribution in [2.75, 3.05) is 34.0 Å². The minimum atomic E-state index is -0.342. The molecule has 0 saturated heterocycles. The van der Waals surface area contributed by atoms with E-state index in [1.165, 1.54) is 0 Å². The van der Waals surface area contributed by atoms with Gasteiger partial charge >= 0.3 is 5.97 Å². The van der Waals surface area contributed by atoms with Gasteiger partial charge in [-0.05, 0) is 32.3 Å². The molecule has 2 rings (SSSR count). The number of hydrogen-bond acceptors (Lipinski definition) is 5. The van der Waals surface area contributed by atoms with E-state index in [1.54, 1.807) is 18.2 Å². The van der Waals surface area contributed by atoms with Crippen LogP contribution in [0.2, 0.25) is 0 Å². The highest BCUT2D eigenvalue weighted by Gasteiger charge is 2.16. The topological polar surface area (TPSA) is 48.0 Å². The summed E-state index contributed by atoms with van der Waals surface area (Å²) in [6, 6.07) is 5.02. The van der Waals surface area contributed by atoms with Gasteiger partial charge in [-0.2, -0.15) is 0 Å². The fourth-order valence-corrected chi connectivity index (χ4v) is 1.43. The molecule has 1 aromatic rings. The molecule has 6 heteroatoms. The lowest BCUT2D eigenvalue weighted by molar-refractivity contribution is 0.0481. The van der Waals surface area contributed by atoms with Gasteiger partial charge in [0.2, 0.25) is 6.79 Å². The molecule has 1 aliphatic rings. The molecule has 1 heterocycles. The Labute approximate surface area is 112 Å². The summed E-state index contributed by atoms with van der Waals surface area (Å²) in [5.74, 6) is 0.909. The lowest BCUT2D eigenvalue weighted by Crippen LogP contribution is -2.20. The van der Waals surface area contributed by atoms with Crippen molar-refractivity contribution in [1.29, 1.82) is 0 Å². The van der Waals surface area contributed by atoms with Crippen molar-refractivity contribution in [2.24, 2.45) is 0 Å². The van der Waals surface area contributed by atoms with Crippen molar-refractivity contribution in [1.82, 2.24) is 4.90 Å². The van der Waals surface area contributed by atoms with Gasteiger partial charge in [0.25, 0.3) is 0 Å². The number of likely N-dealkylation sites (N-methyl/N-ethyl adjacent to an activating group) is 1. The molecule has 0 amide bonds. The molecule has 0 unspecified atom stereocenters. The zero-order valence-corrected chi connectivity index (χ0v) is 11.2. The average molecular weight is 274 g/mol. The number of halogens is 1. The third kappa shape index (κ3) is 3.51. The van der Waals surface area contributed by atoms with Crippen LogP contribution in [0.15, 0.2) is 18.2 Å². The Kier molecular flexibility index (Phi) is 5.25. The Bertz CT molecular complexity index is 423. The number of nitrogens with zero attached hydrogens (tertiary/aromatic N) is 1. The minimum absolute atomic E-state index is 0. The maximum absolute atomic E-state index is 11.7. The normalized spacial score (nSPS) is 12.2. The molecule has 0 saturated carbocycles. The Morgan fingerprint density at radius 3 is 2.78 bits per heavy atom. The van der Waals surface area contributed by atoms with Crippen molar-refractivity contribution in [3.05, 3.63) is 23.8 Å². The molecule has 1 aromatic carbocycles. The monoisotopic (exact) mass is 273 g/mol. The van der Waals surface area contributed by atoms with E-state index in [1.807, 2.05) is 19.0 Å². The largest absolute Gasteiger partial charge is 0.461 e. The summed E-state index contributed by atoms with van der Waals surface area (Å²) < 4.78 is 15.5. The van der Waals surface area contributed by atoms with E-state index < -0.39 is 0 Å². The van der Waals surface area contributed by atoms with Gasteiger partial charge in [-0.15, -0.1) is 12.4 Å². The lowest BCUT2D eigenvalue weighted by atomic mass is 10.2. The standard InChI is InChI=1S/C12H15NO4.ClH/c1-13(2)5-6-15-12(14)9-3-4-10-11(7-9)17-8-16-10;/h3-4,7H,5-6,8H2,1-2H3;1H. The molecule has 0 radical (unpaired) electrons. The van der Waals surface area contributed by atoms with E-state index in [-0.39, 0.29) is 25.2 Å². The van der Waals surface area contributed by atoms with E-state index in [2.05, 4.69) is 0 Å². The highest BCUT2D eigenvalue weighted by Crippen LogP contribution is 2.32. The van der Waals surface area contributed by atoms with Gasteiger partial charge in [-0.3, -0.25) is 0 Å². The fourth-order valence-electron chi connectivity index (χ4n) is 1.43. The summed E-state index contributed by atoms with van der Waals surface area (Å²) in [5, 5.41) is 0. The third-order valence-corrected chi connectivity index (χ3v) is 2.38. The molecule has 0 bridgehead atoms. The molecule has 0 fully saturated rings. The van der Waals surface area contributed by atoms with Crippen molar-refractivity contribution in [3.63, 3.8) is 0 Å². The summed E-state index contributed by atoms with van der Waals surface area (Å²) in [6.07, 6.45) is 0. The van der Waals surface area contributed by atoms with Gasteiger partial charge in [-0.1, -0.05) is 0 Å². The number of esters is 1. The Hall–Kier alpha value is -1.46. The first-order valence-electron chi connectivity index (χ1n) is 5.38. The summed E-state index contributed by atoms with van der Waals surface area (Å²) in [4.78, 5) is 13.6. The van der Waals surface area contributed by atoms with E-state index in [0.717, 1.165) is 0 Å². The fraction of sp³-hybridized carbons (Fsp3) is 0.417. The number of benzene rings is 1. The van der Waals surface area contributed by atoms with E-state index in [4.69, 9.17) is 14.2 Å². The van der Waals surface area contributed by atoms with E-state index in [0.29, 0.717) is 30.2 Å². The average Bonchev–Trinajstić information content (AvgIpc) is 2.75. The summed E-state index contributed by atoms with van der Waals surface area (Å²) in [5.41, 5.74) is 0.480. The minimum Gasteiger partial charge on any atom is -0.461 e. The molecule has 18 heavy (non-hydrogen) atoms. The van der Waals surface area contributed by atoms with E-state index >= 15 is 0 Å². The zero-order chi connectivity index (χ0) is 12.3. The first-order chi connectivity index (χ1) is 8.16. The first-order valence-corrected chi connectivity index (χ1v) is 5.38. The molecular weight excluding hydrogens is 258 g/mol. The van der Waals surface area contributed by atoms with Crippen LogP contribution in [0.4, 0.5) is 0 Å². The second-order valence-corrected chi connectivity index (χ2v) is 4.01. The molecule has 0 aliphatic carbocycles. The number of rotatable bonds is 4. The van der Waals surface area contributed by atoms with Gasteiger partial charge in [-0.25, -0.2) is 4.79 Å². The Balaban J connectivity index is 0.00000162. The Morgan fingerprint density at radius 2 is 2.06 bits per heavy atom. The Morgan fingerprint density at radius 1 is 1.33 bits per heavy atom. The van der Waals surface area contributed by atoms with Gasteiger partial charge in [0.15, 0.2) is 11.5 Å². The van der Waals surface area contributed by atoms with Crippen molar-refractivity contribution >= 4 is 18.4 Å². The predicted octanol–water partition coefficient (Wildman–Crippen LogP) is 1.56. The smallest absolute Gasteiger partial charge is 0.338 e. The molecule has 0 N–H and O–H groups in total. The number of hydrogen-bond donors (Lipinski definition) is 0. The molecule has 100 valence electrons. The second kappa shape index (κ2) is 6.47. The van der Waals surface area contributed by atoms with Crippen molar-refractivity contribution in [2.45, 2.75) is 0 Å². The van der Waals surface area contributed by atoms with Crippen LogP contribution in [-0.2, 0) is 4.74 Å². The van der Waals surface area contributed by atoms with Crippen LogP contribution in [0.3, 0.4) is 0 Å². The van der Waals surface area contributed by atoms with Crippen LogP contribution in [0, 0.1) is 0 Å². The van der Waals surface area contributed by atoms with E-state index in [9.17, 15) is 4.79 Å². The van der Waals surface area contributed by atoms with Gasteiger partial charge < -0.3 is 19.1 Å². The van der Waals surface area contributed by atoms with Crippen LogP contribution >= 0.6 is 12.4 Å². The van der Waals surface area contributed by atoms with Crippen molar-refractivity contribution < 1.29 is 19.0 Å². The second-order valence-electron chi connectivity index (χ2n) is 4.01. The van der Waals surface area contributed by atoms with Crippen LogP contribution < -0.4 is 9.47 Å². The van der Waals surface area contributed by atoms with Crippen molar-refractivity contribution in [3.8, 4) is 11.5 Å². The molecule has 0 atom stereocenters. The lowest BCUT2D eigenvalue weighted by Gasteiger charge is -2.10. The van der Waals surface area contributed by atoms with Crippen LogP contribution in [0.5, 0.6) is 11.5 Å². The maximum atomic E-state index is 11.7. The highest BCUT2D eigenvalue weighted by atomic mass is 35.5. The van der Waals surface area contributed by atoms with Gasteiger partial charge in [0, 0.05) is 6.54 Å². The zero-order valence-electron chi connectivity index (χ0n) is 10.3. The van der Waals surface area contributed by atoms with Crippen LogP contribution in [-0.4, -0.2) is 44.9 Å². The number of carbonyl (C=O) groups is 1. The number of carbonyl (C=O) groups excluding carboxylic acids is 1. The summed E-state index contributed by atoms with van der Waals surface area (Å²) in [6.45, 7) is 1.28. The van der Waals surface area contributed by atoms with Crippen LogP contribution in [0.1, 0.15) is 10.4 Å². The number of fused-ring (bicyclic) bond motifs is 1. The quantitative estimate of drug-likeness (QED) is 0.779. The maximum Gasteiger partial charge on any atom is 0.338 e. The third-order valence-electron chi connectivity index (χ3n) is 2.38. The highest BCUT2D eigenvalue weighted by molar-refractivity contribution is 5.90. The van der Waals surface area contributed by atoms with Crippen LogP contribution in [0.25, 0.3) is 0 Å². The molecule has 0 spiro atoms. The number of ether oxygens (including phenoxy) is 3. The molecular formula is C12H16ClNO4. The SMILES string of the molecule is CN(C)CCOC(=O)c1ccc2c(c1)OCO2.Cl. The molecule has 0 aromatic heterocycles. The van der Waals surface area contributed by atoms with Gasteiger partial charge in [0.05, 0.1) is 5.56 Å². The molecule has 5 nitrogen and oxygen atoms in total. The summed E-state index contributed by atoms with van der Waals surface area (Å²) in [7, 11) is 3.85. The predicted molar refractivity (Wildman–Crippen MR) is 68.6 cm³/mol. The summed E-state index contributed by atoms with van der Waals surface area (Å²) >= 11 is 0. The first kappa shape index (κ1) is 14.6. The van der Waals surface area contributed by atoms with Gasteiger partial charge in [0.1, 0.15) is 6.61 Å².